The van der Waals surface area contributed by atoms with E-state index >= 15 is 0 Å². The molecule has 2 aliphatic rings. The van der Waals surface area contributed by atoms with Crippen LogP contribution in [-0.2, 0) is 36.9 Å². The van der Waals surface area contributed by atoms with Gasteiger partial charge >= 0.3 is 0 Å². The minimum absolute atomic E-state index is 0. The van der Waals surface area contributed by atoms with Gasteiger partial charge in [-0.15, -0.1) is 0 Å². The van der Waals surface area contributed by atoms with Crippen molar-refractivity contribution in [2.75, 3.05) is 13.2 Å². The van der Waals surface area contributed by atoms with E-state index in [1.807, 2.05) is 76.2 Å². The van der Waals surface area contributed by atoms with Gasteiger partial charge in [0.1, 0.15) is 18.7 Å². The Morgan fingerprint density at radius 3 is 2.18 bits per heavy atom. The largest absolute Gasteiger partial charge is 1.00 e. The summed E-state index contributed by atoms with van der Waals surface area (Å²) in [4.78, 5) is 74.6. The first-order chi connectivity index (χ1) is 23.3. The molecule has 0 aliphatic carbocycles. The molecule has 1 aromatic heterocycles. The number of rotatable bonds is 12. The van der Waals surface area contributed by atoms with E-state index in [1.165, 1.54) is 9.80 Å². The van der Waals surface area contributed by atoms with Crippen molar-refractivity contribution < 1.29 is 57.3 Å². The Morgan fingerprint density at radius 2 is 1.62 bits per heavy atom. The van der Waals surface area contributed by atoms with Crippen molar-refractivity contribution in [3.63, 3.8) is 0 Å². The van der Waals surface area contributed by atoms with Crippen LogP contribution in [-0.4, -0.2) is 75.9 Å². The van der Waals surface area contributed by atoms with E-state index in [0.717, 1.165) is 5.56 Å². The van der Waals surface area contributed by atoms with E-state index in [0.29, 0.717) is 16.8 Å². The third-order valence-corrected chi connectivity index (χ3v) is 8.24. The average molecular weight is 793 g/mol. The molecular formula is C37H41IN6O6. The molecule has 2 aliphatic heterocycles. The molecule has 0 saturated heterocycles. The second kappa shape index (κ2) is 16.2. The Labute approximate surface area is 308 Å². The number of nitrogens with two attached hydrogens (primary N) is 1. The zero-order valence-corrected chi connectivity index (χ0v) is 30.6. The van der Waals surface area contributed by atoms with Crippen LogP contribution in [0.15, 0.2) is 96.4 Å². The monoisotopic (exact) mass is 792 g/mol. The number of Topliss-reactive ketones (excluding diaryl/α,β-unsaturated/α-hetero) is 1. The summed E-state index contributed by atoms with van der Waals surface area (Å²) in [6.45, 7) is 7.21. The highest BCUT2D eigenvalue weighted by atomic mass is 127. The minimum atomic E-state index is -1.08. The molecule has 0 saturated carbocycles. The van der Waals surface area contributed by atoms with E-state index < -0.39 is 47.0 Å². The van der Waals surface area contributed by atoms with Crippen LogP contribution in [0, 0.1) is 5.92 Å². The molecule has 4 amide bonds. The number of nitrogens with zero attached hydrogens (tertiary/aromatic N) is 4. The molecule has 3 heterocycles. The summed E-state index contributed by atoms with van der Waals surface area (Å²) < 4.78 is 7.03. The van der Waals surface area contributed by atoms with Gasteiger partial charge < -0.3 is 44.7 Å². The summed E-state index contributed by atoms with van der Waals surface area (Å²) >= 11 is 0. The SMILES string of the molecule is CC(C)[C@@H]1C(=O)N([C@@H](Cc2ccccc2)C(=O)NCC(=O)C2=NC(C)(C)CO2)C(c2ccccc2)=CN1C(=O)c1cc[n+](CC(N)=O)cc1.[I-]. The fraction of sp³-hybridized carbons (Fsp3) is 0.324. The summed E-state index contributed by atoms with van der Waals surface area (Å²) in [6.07, 6.45) is 4.91. The van der Waals surface area contributed by atoms with Crippen molar-refractivity contribution in [1.82, 2.24) is 15.1 Å². The zero-order chi connectivity index (χ0) is 35.3. The number of aromatic nitrogens is 1. The van der Waals surface area contributed by atoms with Gasteiger partial charge in [-0.2, -0.15) is 4.57 Å². The van der Waals surface area contributed by atoms with Gasteiger partial charge in [0.15, 0.2) is 12.4 Å². The van der Waals surface area contributed by atoms with Crippen molar-refractivity contribution in [3.05, 3.63) is 108 Å². The molecule has 50 heavy (non-hydrogen) atoms. The van der Waals surface area contributed by atoms with Crippen molar-refractivity contribution >= 4 is 41.0 Å². The third-order valence-electron chi connectivity index (χ3n) is 8.24. The predicted molar refractivity (Wildman–Crippen MR) is 181 cm³/mol. The number of benzene rings is 2. The van der Waals surface area contributed by atoms with Crippen LogP contribution >= 0.6 is 0 Å². The normalized spacial score (nSPS) is 17.2. The average Bonchev–Trinajstić information content (AvgIpc) is 3.45. The number of carbonyl (C=O) groups is 5. The molecule has 0 bridgehead atoms. The number of pyridine rings is 1. The van der Waals surface area contributed by atoms with E-state index in [2.05, 4.69) is 10.3 Å². The number of aliphatic imine (C=N–C) groups is 1. The van der Waals surface area contributed by atoms with Crippen LogP contribution in [0.3, 0.4) is 0 Å². The van der Waals surface area contributed by atoms with Crippen LogP contribution in [0.1, 0.15) is 49.2 Å². The Hall–Kier alpha value is -4.92. The number of carbonyl (C=O) groups excluding carboxylic acids is 5. The first kappa shape index (κ1) is 37.9. The molecule has 13 heteroatoms. The molecule has 5 rings (SSSR count). The summed E-state index contributed by atoms with van der Waals surface area (Å²) in [5.41, 5.74) is 6.83. The topological polar surface area (TPSA) is 155 Å². The van der Waals surface area contributed by atoms with Crippen LogP contribution in [0.25, 0.3) is 5.70 Å². The Kier molecular flexibility index (Phi) is 12.3. The quantitative estimate of drug-likeness (QED) is 0.182. The van der Waals surface area contributed by atoms with Gasteiger partial charge in [-0.1, -0.05) is 74.5 Å². The van der Waals surface area contributed by atoms with E-state index in [4.69, 9.17) is 10.5 Å². The van der Waals surface area contributed by atoms with Gasteiger partial charge in [-0.25, -0.2) is 4.99 Å². The van der Waals surface area contributed by atoms with Crippen LogP contribution in [0.2, 0.25) is 0 Å². The summed E-state index contributed by atoms with van der Waals surface area (Å²) in [5, 5.41) is 2.73. The Bertz CT molecular complexity index is 1790. The number of ether oxygens (including phenoxy) is 1. The number of amides is 4. The van der Waals surface area contributed by atoms with Crippen molar-refractivity contribution in [2.45, 2.75) is 58.3 Å². The van der Waals surface area contributed by atoms with Gasteiger partial charge in [0.25, 0.3) is 23.6 Å². The van der Waals surface area contributed by atoms with Crippen molar-refractivity contribution in [3.8, 4) is 0 Å². The molecular weight excluding hydrogens is 751 g/mol. The van der Waals surface area contributed by atoms with Gasteiger partial charge in [0, 0.05) is 24.8 Å². The third kappa shape index (κ3) is 8.80. The number of primary amides is 1. The summed E-state index contributed by atoms with van der Waals surface area (Å²) in [6, 6.07) is 19.4. The second-order valence-electron chi connectivity index (χ2n) is 13.1. The maximum atomic E-state index is 14.8. The number of hydrogen-bond donors (Lipinski definition) is 2. The molecule has 0 spiro atoms. The Morgan fingerprint density at radius 1 is 1.00 bits per heavy atom. The summed E-state index contributed by atoms with van der Waals surface area (Å²) in [7, 11) is 0. The van der Waals surface area contributed by atoms with E-state index in [-0.39, 0.29) is 61.9 Å². The molecule has 3 aromatic rings. The molecule has 12 nitrogen and oxygen atoms in total. The van der Waals surface area contributed by atoms with Crippen LogP contribution in [0.5, 0.6) is 0 Å². The van der Waals surface area contributed by atoms with Gasteiger partial charge in [0.2, 0.25) is 18.2 Å². The van der Waals surface area contributed by atoms with Crippen LogP contribution < -0.4 is 39.6 Å². The Balaban J connectivity index is 0.00000562. The number of nitrogens with one attached hydrogen (secondary N) is 1. The van der Waals surface area contributed by atoms with Gasteiger partial charge in [0.05, 0.1) is 23.3 Å². The van der Waals surface area contributed by atoms with E-state index in [9.17, 15) is 24.0 Å². The first-order valence-corrected chi connectivity index (χ1v) is 16.1. The number of hydrogen-bond acceptors (Lipinski definition) is 7. The van der Waals surface area contributed by atoms with Crippen molar-refractivity contribution in [1.29, 1.82) is 0 Å². The lowest BCUT2D eigenvalue weighted by Crippen LogP contribution is -3.00. The molecule has 0 unspecified atom stereocenters. The zero-order valence-electron chi connectivity index (χ0n) is 28.4. The number of halogens is 1. The molecule has 3 N–H and O–H groups in total. The first-order valence-electron chi connectivity index (χ1n) is 16.1. The van der Waals surface area contributed by atoms with E-state index in [1.54, 1.807) is 47.4 Å². The van der Waals surface area contributed by atoms with Crippen LogP contribution in [0.4, 0.5) is 0 Å². The van der Waals surface area contributed by atoms with Crippen molar-refractivity contribution in [2.24, 2.45) is 16.6 Å². The number of ketones is 1. The summed E-state index contributed by atoms with van der Waals surface area (Å²) in [5.74, 6) is -2.81. The molecule has 2 aromatic carbocycles. The lowest BCUT2D eigenvalue weighted by atomic mass is 9.93. The molecule has 0 radical (unpaired) electrons. The highest BCUT2D eigenvalue weighted by molar-refractivity contribution is 6.37. The lowest BCUT2D eigenvalue weighted by molar-refractivity contribution is -0.684. The molecule has 262 valence electrons. The highest BCUT2D eigenvalue weighted by Crippen LogP contribution is 2.33. The maximum absolute atomic E-state index is 14.8. The lowest BCUT2D eigenvalue weighted by Gasteiger charge is -2.44. The van der Waals surface area contributed by atoms with Gasteiger partial charge in [-0.05, 0) is 30.9 Å². The van der Waals surface area contributed by atoms with Gasteiger partial charge in [-0.3, -0.25) is 28.9 Å². The fourth-order valence-electron chi connectivity index (χ4n) is 5.85. The fourth-order valence-corrected chi connectivity index (χ4v) is 5.85. The standard InChI is InChI=1S/C37H40N6O6.HI/c1-24(2)32-36(48)43(28(19-25-11-7-5-8-12-25)33(46)39-20-30(44)34-40-37(3,4)23-49-34)29(26-13-9-6-10-14-26)21-42(32)35(47)27-15-17-41(18-16-27)22-31(38)45;/h5-18,21,24,28,32H,19-20,22-23H2,1-4H3,(H2-,38,39,45,46);1H/t28-,32+;/m0./s1. The second-order valence-corrected chi connectivity index (χ2v) is 13.1. The maximum Gasteiger partial charge on any atom is 0.283 e. The molecule has 0 fully saturated rings. The highest BCUT2D eigenvalue weighted by Gasteiger charge is 2.45. The minimum Gasteiger partial charge on any atom is -1.00 e. The smallest absolute Gasteiger partial charge is 0.283 e. The molecule has 2 atom stereocenters. The predicted octanol–water partition coefficient (Wildman–Crippen LogP) is -0.725.